The molecule has 2 aromatic carbocycles. The second-order valence-corrected chi connectivity index (χ2v) is 8.21. The quantitative estimate of drug-likeness (QED) is 0.589. The summed E-state index contributed by atoms with van der Waals surface area (Å²) in [4.78, 5) is 4.91. The number of nitrogens with one attached hydrogen (secondary N) is 2. The molecule has 0 bridgehead atoms. The number of nitriles is 1. The molecule has 0 unspecified atom stereocenters. The van der Waals surface area contributed by atoms with E-state index in [0.717, 1.165) is 23.2 Å². The standard InChI is InChI=1S/C20H24N4O2S/c1-4-22-20(23-13-17-7-5-16(12-21)6-8-17)24-14-18-9-10-19(15(2)11-18)27(3,25)26/h5-11H,4,13-14H2,1-3H3,(H2,22,23,24). The van der Waals surface area contributed by atoms with Crippen molar-refractivity contribution in [3.8, 4) is 6.07 Å². The third kappa shape index (κ3) is 6.12. The second-order valence-electron chi connectivity index (χ2n) is 6.23. The van der Waals surface area contributed by atoms with Crippen molar-refractivity contribution in [2.75, 3.05) is 12.8 Å². The number of guanidine groups is 1. The monoisotopic (exact) mass is 384 g/mol. The van der Waals surface area contributed by atoms with E-state index in [9.17, 15) is 8.42 Å². The third-order valence-corrected chi connectivity index (χ3v) is 5.20. The molecule has 0 aromatic heterocycles. The zero-order valence-electron chi connectivity index (χ0n) is 15.8. The Kier molecular flexibility index (Phi) is 6.97. The number of sulfone groups is 1. The maximum absolute atomic E-state index is 11.7. The molecule has 2 aromatic rings. The minimum absolute atomic E-state index is 0.348. The van der Waals surface area contributed by atoms with Crippen molar-refractivity contribution >= 4 is 15.8 Å². The highest BCUT2D eigenvalue weighted by molar-refractivity contribution is 7.90. The van der Waals surface area contributed by atoms with Crippen LogP contribution in [0.1, 0.15) is 29.2 Å². The summed E-state index contributed by atoms with van der Waals surface area (Å²) in [6.07, 6.45) is 1.21. The van der Waals surface area contributed by atoms with Crippen LogP contribution in [0.4, 0.5) is 0 Å². The molecule has 0 aliphatic rings. The van der Waals surface area contributed by atoms with Crippen LogP contribution < -0.4 is 10.6 Å². The minimum Gasteiger partial charge on any atom is -0.357 e. The fourth-order valence-corrected chi connectivity index (χ4v) is 3.58. The van der Waals surface area contributed by atoms with Crippen LogP contribution in [-0.4, -0.2) is 27.2 Å². The van der Waals surface area contributed by atoms with Crippen LogP contribution in [0.3, 0.4) is 0 Å². The Hall–Kier alpha value is -2.85. The molecule has 0 aliphatic heterocycles. The maximum atomic E-state index is 11.7. The molecule has 6 nitrogen and oxygen atoms in total. The molecule has 0 heterocycles. The lowest BCUT2D eigenvalue weighted by atomic mass is 10.1. The van der Waals surface area contributed by atoms with Gasteiger partial charge in [-0.1, -0.05) is 24.3 Å². The molecule has 7 heteroatoms. The van der Waals surface area contributed by atoms with Gasteiger partial charge >= 0.3 is 0 Å². The fourth-order valence-electron chi connectivity index (χ4n) is 2.62. The second kappa shape index (κ2) is 9.19. The molecule has 0 fully saturated rings. The molecule has 0 atom stereocenters. The summed E-state index contributed by atoms with van der Waals surface area (Å²) in [5.74, 6) is 0.673. The van der Waals surface area contributed by atoms with E-state index in [0.29, 0.717) is 29.5 Å². The molecule has 2 rings (SSSR count). The normalized spacial score (nSPS) is 11.7. The highest BCUT2D eigenvalue weighted by Crippen LogP contribution is 2.17. The average Bonchev–Trinajstić information content (AvgIpc) is 2.63. The van der Waals surface area contributed by atoms with Crippen molar-refractivity contribution in [3.05, 3.63) is 64.7 Å². The highest BCUT2D eigenvalue weighted by atomic mass is 32.2. The van der Waals surface area contributed by atoms with Gasteiger partial charge in [0.2, 0.25) is 0 Å². The maximum Gasteiger partial charge on any atom is 0.191 e. The Morgan fingerprint density at radius 3 is 2.33 bits per heavy atom. The largest absolute Gasteiger partial charge is 0.357 e. The molecule has 0 amide bonds. The summed E-state index contributed by atoms with van der Waals surface area (Å²) in [7, 11) is -3.22. The van der Waals surface area contributed by atoms with Gasteiger partial charge in [0.25, 0.3) is 0 Å². The molecule has 142 valence electrons. The topological polar surface area (TPSA) is 94.3 Å². The summed E-state index contributed by atoms with van der Waals surface area (Å²) < 4.78 is 23.4. The predicted octanol–water partition coefficient (Wildman–Crippen LogP) is 2.53. The van der Waals surface area contributed by atoms with Crippen LogP contribution in [0.2, 0.25) is 0 Å². The zero-order chi connectivity index (χ0) is 19.9. The van der Waals surface area contributed by atoms with Crippen molar-refractivity contribution in [1.82, 2.24) is 10.6 Å². The van der Waals surface area contributed by atoms with Crippen LogP contribution >= 0.6 is 0 Å². The van der Waals surface area contributed by atoms with Gasteiger partial charge in [-0.25, -0.2) is 13.4 Å². The van der Waals surface area contributed by atoms with E-state index in [1.165, 1.54) is 6.26 Å². The van der Waals surface area contributed by atoms with Gasteiger partial charge in [0, 0.05) is 19.3 Å². The van der Waals surface area contributed by atoms with E-state index in [1.807, 2.05) is 25.1 Å². The summed E-state index contributed by atoms with van der Waals surface area (Å²) >= 11 is 0. The number of aryl methyl sites for hydroxylation is 1. The number of aliphatic imine (C=N–C) groups is 1. The van der Waals surface area contributed by atoms with Crippen molar-refractivity contribution < 1.29 is 8.42 Å². The van der Waals surface area contributed by atoms with Crippen molar-refractivity contribution in [2.24, 2.45) is 4.99 Å². The van der Waals surface area contributed by atoms with E-state index >= 15 is 0 Å². The van der Waals surface area contributed by atoms with E-state index < -0.39 is 9.84 Å². The van der Waals surface area contributed by atoms with Gasteiger partial charge in [-0.05, 0) is 48.7 Å². The van der Waals surface area contributed by atoms with E-state index in [1.54, 1.807) is 31.2 Å². The Labute approximate surface area is 160 Å². The summed E-state index contributed by atoms with van der Waals surface area (Å²) in [6, 6.07) is 14.8. The van der Waals surface area contributed by atoms with Gasteiger partial charge in [-0.3, -0.25) is 0 Å². The van der Waals surface area contributed by atoms with Crippen molar-refractivity contribution in [2.45, 2.75) is 31.8 Å². The van der Waals surface area contributed by atoms with Gasteiger partial charge in [0.1, 0.15) is 0 Å². The first-order valence-electron chi connectivity index (χ1n) is 8.64. The van der Waals surface area contributed by atoms with Gasteiger partial charge in [-0.15, -0.1) is 0 Å². The first kappa shape index (κ1) is 20.5. The summed E-state index contributed by atoms with van der Waals surface area (Å²) in [5.41, 5.74) is 3.34. The molecule has 0 saturated carbocycles. The lowest BCUT2D eigenvalue weighted by molar-refractivity contribution is 0.601. The lowest BCUT2D eigenvalue weighted by Gasteiger charge is -2.12. The Morgan fingerprint density at radius 2 is 1.78 bits per heavy atom. The molecular formula is C20H24N4O2S. The molecular weight excluding hydrogens is 360 g/mol. The van der Waals surface area contributed by atoms with E-state index in [4.69, 9.17) is 5.26 Å². The SMILES string of the molecule is CCNC(=NCc1ccc(S(C)(=O)=O)c(C)c1)NCc1ccc(C#N)cc1. The van der Waals surface area contributed by atoms with Crippen molar-refractivity contribution in [1.29, 1.82) is 5.26 Å². The first-order valence-corrected chi connectivity index (χ1v) is 10.5. The van der Waals surface area contributed by atoms with Crippen molar-refractivity contribution in [3.63, 3.8) is 0 Å². The molecule has 27 heavy (non-hydrogen) atoms. The van der Waals surface area contributed by atoms with Crippen LogP contribution in [0, 0.1) is 18.3 Å². The van der Waals surface area contributed by atoms with E-state index in [2.05, 4.69) is 21.7 Å². The minimum atomic E-state index is -3.22. The Balaban J connectivity index is 2.06. The van der Waals surface area contributed by atoms with Crippen LogP contribution in [0.15, 0.2) is 52.4 Å². The zero-order valence-corrected chi connectivity index (χ0v) is 16.6. The van der Waals surface area contributed by atoms with Gasteiger partial charge < -0.3 is 10.6 Å². The molecule has 0 saturated heterocycles. The Bertz CT molecular complexity index is 958. The number of nitrogens with zero attached hydrogens (tertiary/aromatic N) is 2. The number of rotatable bonds is 6. The number of benzene rings is 2. The predicted molar refractivity (Wildman–Crippen MR) is 107 cm³/mol. The first-order chi connectivity index (χ1) is 12.8. The smallest absolute Gasteiger partial charge is 0.191 e. The number of hydrogen-bond acceptors (Lipinski definition) is 4. The molecule has 0 aliphatic carbocycles. The van der Waals surface area contributed by atoms with Crippen LogP contribution in [-0.2, 0) is 22.9 Å². The molecule has 2 N–H and O–H groups in total. The summed E-state index contributed by atoms with van der Waals surface area (Å²) in [5, 5.41) is 15.3. The number of hydrogen-bond donors (Lipinski definition) is 2. The van der Waals surface area contributed by atoms with E-state index in [-0.39, 0.29) is 0 Å². The molecule has 0 spiro atoms. The molecule has 0 radical (unpaired) electrons. The Morgan fingerprint density at radius 1 is 1.11 bits per heavy atom. The van der Waals surface area contributed by atoms with Gasteiger partial charge in [-0.2, -0.15) is 5.26 Å². The fraction of sp³-hybridized carbons (Fsp3) is 0.300. The van der Waals surface area contributed by atoms with Gasteiger partial charge in [0.05, 0.1) is 23.1 Å². The summed E-state index contributed by atoms with van der Waals surface area (Å²) in [6.45, 7) is 5.53. The highest BCUT2D eigenvalue weighted by Gasteiger charge is 2.10. The average molecular weight is 385 g/mol. The van der Waals surface area contributed by atoms with Crippen LogP contribution in [0.25, 0.3) is 0 Å². The lowest BCUT2D eigenvalue weighted by Crippen LogP contribution is -2.36. The van der Waals surface area contributed by atoms with Crippen LogP contribution in [0.5, 0.6) is 0 Å². The van der Waals surface area contributed by atoms with Gasteiger partial charge in [0.15, 0.2) is 15.8 Å². The third-order valence-electron chi connectivity index (χ3n) is 3.95.